The summed E-state index contributed by atoms with van der Waals surface area (Å²) >= 11 is 0. The van der Waals surface area contributed by atoms with Gasteiger partial charge in [-0.05, 0) is 0 Å². The van der Waals surface area contributed by atoms with Gasteiger partial charge in [-0.2, -0.15) is 4.31 Å². The van der Waals surface area contributed by atoms with Gasteiger partial charge in [0, 0.05) is 0 Å². The Balaban J connectivity index is 0. The van der Waals surface area contributed by atoms with Gasteiger partial charge in [0.1, 0.15) is 135 Å². The van der Waals surface area contributed by atoms with Crippen molar-refractivity contribution in [3.8, 4) is 0 Å². The highest BCUT2D eigenvalue weighted by atomic mass is 31.3. The van der Waals surface area contributed by atoms with Crippen molar-refractivity contribution in [3.05, 3.63) is 0 Å². The first-order valence-electron chi connectivity index (χ1n) is 24.1. The summed E-state index contributed by atoms with van der Waals surface area (Å²) in [7, 11) is -30.4. The number of phosphoric ester groups is 5. The number of hydrogen-bond acceptors (Lipinski definition) is 44. The maximum Gasteiger partial charge on any atom is 0.541 e. The first kappa shape index (κ1) is 90.3. The Bertz CT molecular complexity index is 2500. The molecule has 0 aromatic carbocycles. The lowest BCUT2D eigenvalue weighted by Crippen LogP contribution is -2.57. The smallest absolute Gasteiger partial charge is 0.394 e. The molecule has 0 heterocycles. The summed E-state index contributed by atoms with van der Waals surface area (Å²) < 4.78 is 94.7. The molecule has 0 aromatic heterocycles. The summed E-state index contributed by atoms with van der Waals surface area (Å²) in [5, 5.41) is 226. The van der Waals surface area contributed by atoms with Gasteiger partial charge in [0.25, 0.3) is 0 Å². The highest BCUT2D eigenvalue weighted by Gasteiger charge is 2.53. The van der Waals surface area contributed by atoms with E-state index in [4.69, 9.17) is 46.4 Å². The van der Waals surface area contributed by atoms with E-state index < -0.39 is 255 Å². The fourth-order valence-electron chi connectivity index (χ4n) is 5.97. The molecule has 0 rings (SSSR count). The number of nitrogens with two attached hydrogens (primary N) is 2. The number of Topliss-reactive ketones (excluding diaryl/α,β-unsaturated/α-hetero) is 1. The summed E-state index contributed by atoms with van der Waals surface area (Å²) in [5.41, 5.74) is 10.6. The number of phosphoric acid groups is 5. The molecule has 538 valence electrons. The van der Waals surface area contributed by atoms with E-state index in [1.807, 2.05) is 0 Å². The van der Waals surface area contributed by atoms with Crippen LogP contribution in [-0.4, -0.2) is 369 Å². The van der Waals surface area contributed by atoms with Crippen LogP contribution in [0, 0.1) is 0 Å². The molecular weight excluding hydrogens is 1380 g/mol. The van der Waals surface area contributed by atoms with Gasteiger partial charge in [0.15, 0.2) is 30.4 Å². The maximum atomic E-state index is 14.1. The summed E-state index contributed by atoms with van der Waals surface area (Å²) in [6, 6.07) is -4.20. The van der Waals surface area contributed by atoms with Crippen LogP contribution in [0.3, 0.4) is 0 Å². The van der Waals surface area contributed by atoms with E-state index in [0.717, 1.165) is 0 Å². The third kappa shape index (κ3) is 30.5. The van der Waals surface area contributed by atoms with Crippen molar-refractivity contribution in [2.75, 3.05) is 33.0 Å². The third-order valence-electron chi connectivity index (χ3n) is 11.1. The lowest BCUT2D eigenvalue weighted by atomic mass is 9.92. The molecule has 0 amide bonds. The molecule has 0 aliphatic rings. The molecule has 4 unspecified atom stereocenters. The van der Waals surface area contributed by atoms with Crippen LogP contribution in [0.1, 0.15) is 0 Å². The van der Waals surface area contributed by atoms with Gasteiger partial charge in [-0.25, -0.2) is 32.4 Å². The molecule has 0 fully saturated rings. The minimum Gasteiger partial charge on any atom is -0.394 e. The molecular formula is C36H71N2O48P5. The lowest BCUT2D eigenvalue weighted by Gasteiger charge is -2.34. The third-order valence-corrected chi connectivity index (χ3v) is 16.0. The summed E-state index contributed by atoms with van der Waals surface area (Å²) in [6.45, 7) is -6.97. The van der Waals surface area contributed by atoms with Gasteiger partial charge in [-0.3, -0.25) is 32.3 Å². The minimum atomic E-state index is -6.96. The second-order valence-corrected chi connectivity index (χ2v) is 25.0. The van der Waals surface area contributed by atoms with Gasteiger partial charge in [-0.1, -0.05) is 0 Å². The first-order valence-corrected chi connectivity index (χ1v) is 31.6. The van der Waals surface area contributed by atoms with Gasteiger partial charge in [0.2, 0.25) is 0 Å². The molecule has 0 radical (unpaired) electrons. The van der Waals surface area contributed by atoms with Crippen molar-refractivity contribution in [2.45, 2.75) is 152 Å². The molecule has 0 saturated heterocycles. The summed E-state index contributed by atoms with van der Waals surface area (Å²) in [6.07, 6.45) is -66.1. The molecule has 55 heteroatoms. The van der Waals surface area contributed by atoms with Crippen molar-refractivity contribution in [1.82, 2.24) is 0 Å². The van der Waals surface area contributed by atoms with E-state index in [9.17, 15) is 164 Å². The Morgan fingerprint density at radius 1 is 0.374 bits per heavy atom. The summed E-state index contributed by atoms with van der Waals surface area (Å²) in [4.78, 5) is 127. The van der Waals surface area contributed by atoms with E-state index >= 15 is 0 Å². The molecule has 0 saturated carbocycles. The molecule has 0 spiro atoms. The van der Waals surface area contributed by atoms with Crippen LogP contribution in [-0.2, 0) is 87.6 Å². The van der Waals surface area contributed by atoms with Crippen LogP contribution in [0.5, 0.6) is 0 Å². The largest absolute Gasteiger partial charge is 0.541 e. The van der Waals surface area contributed by atoms with E-state index in [1.54, 1.807) is 0 Å². The van der Waals surface area contributed by atoms with Crippen molar-refractivity contribution >= 4 is 75.7 Å². The van der Waals surface area contributed by atoms with Gasteiger partial charge >= 0.3 is 51.1 Å². The highest BCUT2D eigenvalue weighted by molar-refractivity contribution is 7.62. The van der Waals surface area contributed by atoms with Crippen LogP contribution in [0.2, 0.25) is 0 Å². The zero-order chi connectivity index (χ0) is 72.0. The monoisotopic (exact) mass is 1450 g/mol. The Morgan fingerprint density at radius 3 is 1.11 bits per heavy atom. The molecule has 33 N–H and O–H groups in total. The topological polar surface area (TPSA) is 900 Å². The average Bonchev–Trinajstić information content (AvgIpc) is 0.864. The number of carbonyl (C=O) groups is 6. The maximum absolute atomic E-state index is 14.1. The van der Waals surface area contributed by atoms with Crippen LogP contribution in [0.4, 0.5) is 0 Å². The van der Waals surface area contributed by atoms with Crippen molar-refractivity contribution in [3.63, 3.8) is 0 Å². The van der Waals surface area contributed by atoms with Crippen LogP contribution < -0.4 is 11.5 Å². The van der Waals surface area contributed by atoms with E-state index in [0.29, 0.717) is 0 Å². The first-order chi connectivity index (χ1) is 41.3. The second kappa shape index (κ2) is 40.1. The Kier molecular flexibility index (Phi) is 39.8. The van der Waals surface area contributed by atoms with Crippen molar-refractivity contribution in [1.29, 1.82) is 0 Å². The average molecular weight is 1450 g/mol. The SMILES string of the molecule is N[C@@H](C=O)[C@@H](O)[C@H](O)[C@H](O)COP(=O)(O)O.N[C@@H](C=O)[C@@H](OP(=O)(OC(=O)[C@H](O)[C@@H](O)[C@H](O)[C@H](O)CO)OP(=O)(O)O[C@@H](C=O)[C@@H](O)[C@H](O)[C@H](O)CO)[C@H](OP(=O)(O)OC(=O)[C@H](O)[C@@H](O)[C@H](O)[C@H](O)C(O)C(=O)[C@H](O)[C@@H](O)[C@H](O)[C@H](O)COP(=O)(O)O)[C@H](O)CO. The lowest BCUT2D eigenvalue weighted by molar-refractivity contribution is -0.176. The van der Waals surface area contributed by atoms with Crippen LogP contribution >= 0.6 is 39.1 Å². The number of aliphatic hydroxyl groups is 23. The normalized spacial score (nSPS) is 22.8. The number of aldehydes is 3. The van der Waals surface area contributed by atoms with Crippen LogP contribution in [0.25, 0.3) is 0 Å². The number of carbonyl (C=O) groups excluding carboxylic acids is 6. The number of hydrogen-bond donors (Lipinski definition) is 31. The van der Waals surface area contributed by atoms with E-state index in [1.165, 1.54) is 0 Å². The molecule has 50 nitrogen and oxygen atoms in total. The van der Waals surface area contributed by atoms with E-state index in [-0.39, 0.29) is 6.29 Å². The quantitative estimate of drug-likeness (QED) is 0.0199. The standard InChI is InChI=1S/C30H57NO40P4.C6H14NO8P/c31-7(1-32)27(68-75(64,70-30(56)25(53)18(46)14(42)9(38)3-34)71-74(62,63)66-12(5-36)16(44)13(41)8(37)2-33)28(10(39)4-35)67-73(60,61)69-29(55)26(54)24(52)23(51)22(50)21(49)20(48)19(47)17(45)15(43)11(40)6-65-72(57,58)59;7-3(1-8)5(10)6(11)4(9)2-15-16(12,13)14/h1,5,7-19,21-28,33-35,37-47,49-54H,2-4,6,31H2,(H,60,61)(H,62,63)(H2,57,58,59);1,3-6,9-11H,2,7H2,(H2,12,13,14)/t7-,8+,9+,10+,11+,12-,13+,14+,15+,16+,17-,18-,19+,21?,22+,23+,24-,25+,26+,27+,28+,75?;3-,4+,5+,6+/m00/s1. The van der Waals surface area contributed by atoms with Gasteiger partial charge in [0.05, 0.1) is 45.1 Å². The molecule has 0 bridgehead atoms. The fourth-order valence-corrected chi connectivity index (χ4v) is 10.5. The number of rotatable bonds is 45. The highest BCUT2D eigenvalue weighted by Crippen LogP contribution is 2.65. The zero-order valence-corrected chi connectivity index (χ0v) is 49.8. The number of aliphatic hydroxyl groups excluding tert-OH is 23. The molecule has 28 atom stereocenters. The number of ketones is 1. The Morgan fingerprint density at radius 2 is 0.725 bits per heavy atom. The predicted molar refractivity (Wildman–Crippen MR) is 272 cm³/mol. The summed E-state index contributed by atoms with van der Waals surface area (Å²) in [5.74, 6) is -7.60. The van der Waals surface area contributed by atoms with Crippen molar-refractivity contribution < 1.29 is 234 Å². The zero-order valence-electron chi connectivity index (χ0n) is 45.3. The van der Waals surface area contributed by atoms with Crippen molar-refractivity contribution in [2.24, 2.45) is 11.5 Å². The molecule has 0 aliphatic carbocycles. The minimum absolute atomic E-state index is 0.157. The molecule has 0 aromatic rings. The van der Waals surface area contributed by atoms with E-state index in [2.05, 4.69) is 36.0 Å². The Labute approximate surface area is 506 Å². The van der Waals surface area contributed by atoms with Gasteiger partial charge in [-0.15, -0.1) is 0 Å². The molecule has 91 heavy (non-hydrogen) atoms. The second-order valence-electron chi connectivity index (χ2n) is 18.1. The van der Waals surface area contributed by atoms with Crippen LogP contribution in [0.15, 0.2) is 0 Å². The molecule has 0 aliphatic heterocycles. The fraction of sp³-hybridized carbons (Fsp3) is 0.833. The predicted octanol–water partition coefficient (Wildman–Crippen LogP) is -18.2. The Hall–Kier alpha value is -2.71. The van der Waals surface area contributed by atoms with Gasteiger partial charge < -0.3 is 177 Å².